The maximum Gasteiger partial charge on any atom is 0.233 e. The number of nitrogens with zero attached hydrogens (tertiary/aromatic N) is 2. The zero-order valence-corrected chi connectivity index (χ0v) is 17.8. The molecular weight excluding hydrogens is 382 g/mol. The second-order valence-electron chi connectivity index (χ2n) is 7.02. The van der Waals surface area contributed by atoms with E-state index in [1.54, 1.807) is 4.68 Å². The van der Waals surface area contributed by atoms with Crippen LogP contribution in [0, 0.1) is 15.8 Å². The van der Waals surface area contributed by atoms with Crippen LogP contribution in [0.1, 0.15) is 40.0 Å². The maximum atomic E-state index is 12.6. The van der Waals surface area contributed by atoms with E-state index >= 15 is 0 Å². The van der Waals surface area contributed by atoms with Crippen LogP contribution >= 0.6 is 35.3 Å². The highest BCUT2D eigenvalue weighted by molar-refractivity contribution is 8.02. The second kappa shape index (κ2) is 8.67. The summed E-state index contributed by atoms with van der Waals surface area (Å²) in [5.74, 6) is 1.29. The van der Waals surface area contributed by atoms with Crippen molar-refractivity contribution < 1.29 is 4.79 Å². The van der Waals surface area contributed by atoms with Gasteiger partial charge in [0.25, 0.3) is 0 Å². The smallest absolute Gasteiger partial charge is 0.233 e. The van der Waals surface area contributed by atoms with Crippen LogP contribution in [0.4, 0.5) is 0 Å². The van der Waals surface area contributed by atoms with Crippen molar-refractivity contribution in [2.45, 2.75) is 55.7 Å². The minimum absolute atomic E-state index is 0.0910. The Hall–Kier alpha value is -1.18. The molecule has 1 aliphatic rings. The number of aromatic nitrogens is 2. The molecule has 3 rings (SSSR count). The van der Waals surface area contributed by atoms with Gasteiger partial charge in [0.15, 0.2) is 8.29 Å². The third-order valence-electron chi connectivity index (χ3n) is 5.21. The molecule has 26 heavy (non-hydrogen) atoms. The first-order chi connectivity index (χ1) is 12.5. The van der Waals surface area contributed by atoms with E-state index in [-0.39, 0.29) is 17.2 Å². The molecule has 7 heteroatoms. The molecule has 1 aromatic carbocycles. The molecule has 2 aromatic rings. The molecule has 1 fully saturated rings. The molecule has 0 unspecified atom stereocenters. The Bertz CT molecular complexity index is 802. The number of hydrogen-bond acceptors (Lipinski definition) is 5. The van der Waals surface area contributed by atoms with Crippen LogP contribution < -0.4 is 5.32 Å². The Morgan fingerprint density at radius 1 is 1.35 bits per heavy atom. The fourth-order valence-electron chi connectivity index (χ4n) is 3.33. The van der Waals surface area contributed by atoms with E-state index in [9.17, 15) is 4.79 Å². The van der Waals surface area contributed by atoms with Crippen molar-refractivity contribution in [1.82, 2.24) is 15.1 Å². The lowest BCUT2D eigenvalue weighted by atomic mass is 9.78. The van der Waals surface area contributed by atoms with Crippen molar-refractivity contribution in [2.24, 2.45) is 11.8 Å². The van der Waals surface area contributed by atoms with Crippen LogP contribution in [0.15, 0.2) is 34.7 Å². The Morgan fingerprint density at radius 3 is 2.81 bits per heavy atom. The molecule has 1 saturated carbocycles. The molecule has 0 radical (unpaired) electrons. The second-order valence-corrected chi connectivity index (χ2v) is 10.2. The highest BCUT2D eigenvalue weighted by Crippen LogP contribution is 2.31. The average molecular weight is 408 g/mol. The number of thioether (sulfide) groups is 1. The fraction of sp³-hybridized carbons (Fsp3) is 0.526. The van der Waals surface area contributed by atoms with Crippen molar-refractivity contribution >= 4 is 41.2 Å². The number of carbonyl (C=O) groups excluding carboxylic acids is 1. The summed E-state index contributed by atoms with van der Waals surface area (Å²) in [5, 5.41) is 7.66. The number of para-hydroxylation sites is 1. The first-order valence-electron chi connectivity index (χ1n) is 9.08. The Kier molecular flexibility index (Phi) is 6.53. The predicted octanol–water partition coefficient (Wildman–Crippen LogP) is 5.08. The standard InChI is InChI=1S/C19H25N3OS3/c1-12-8-7-11-16(13(12)2)20-17(23)14(3)25-18-21-22(19(24)26-18)15-9-5-4-6-10-15/h4-6,9-10,12-14,16H,7-8,11H2,1-3H3,(H,20,23)/t12-,13+,14+,16-/m0/s1. The molecular formula is C19H25N3OS3. The Balaban J connectivity index is 1.64. The maximum absolute atomic E-state index is 12.6. The van der Waals surface area contributed by atoms with E-state index in [0.717, 1.165) is 16.4 Å². The highest BCUT2D eigenvalue weighted by atomic mass is 32.2. The van der Waals surface area contributed by atoms with Gasteiger partial charge in [0.2, 0.25) is 5.91 Å². The molecule has 4 nitrogen and oxygen atoms in total. The lowest BCUT2D eigenvalue weighted by molar-refractivity contribution is -0.121. The van der Waals surface area contributed by atoms with Crippen LogP contribution in [-0.2, 0) is 4.79 Å². The number of carbonyl (C=O) groups is 1. The zero-order chi connectivity index (χ0) is 18.7. The molecule has 1 aromatic heterocycles. The third kappa shape index (κ3) is 4.56. The Labute approximate surface area is 168 Å². The van der Waals surface area contributed by atoms with E-state index in [4.69, 9.17) is 12.2 Å². The summed E-state index contributed by atoms with van der Waals surface area (Å²) in [6, 6.07) is 10.1. The van der Waals surface area contributed by atoms with Crippen LogP contribution in [-0.4, -0.2) is 27.0 Å². The summed E-state index contributed by atoms with van der Waals surface area (Å²) < 4.78 is 3.28. The third-order valence-corrected chi connectivity index (χ3v) is 7.63. The molecule has 1 aliphatic carbocycles. The van der Waals surface area contributed by atoms with Gasteiger partial charge in [-0.25, -0.2) is 4.68 Å². The van der Waals surface area contributed by atoms with Crippen LogP contribution in [0.3, 0.4) is 0 Å². The normalized spacial score (nSPS) is 24.2. The largest absolute Gasteiger partial charge is 0.352 e. The zero-order valence-electron chi connectivity index (χ0n) is 15.3. The molecule has 0 saturated heterocycles. The van der Waals surface area contributed by atoms with Gasteiger partial charge >= 0.3 is 0 Å². The molecule has 0 spiro atoms. The lowest BCUT2D eigenvalue weighted by Crippen LogP contribution is -2.46. The predicted molar refractivity (Wildman–Crippen MR) is 112 cm³/mol. The van der Waals surface area contributed by atoms with Gasteiger partial charge in [0.1, 0.15) is 0 Å². The number of rotatable bonds is 5. The number of amides is 1. The topological polar surface area (TPSA) is 46.9 Å². The fourth-order valence-corrected chi connectivity index (χ4v) is 5.85. The van der Waals surface area contributed by atoms with Crippen molar-refractivity contribution in [3.63, 3.8) is 0 Å². The number of nitrogens with one attached hydrogen (secondary N) is 1. The summed E-state index contributed by atoms with van der Waals surface area (Å²) in [6.07, 6.45) is 3.54. The summed E-state index contributed by atoms with van der Waals surface area (Å²) in [5.41, 5.74) is 0.947. The molecule has 1 amide bonds. The van der Waals surface area contributed by atoms with Gasteiger partial charge in [0, 0.05) is 6.04 Å². The van der Waals surface area contributed by atoms with E-state index < -0.39 is 0 Å². The summed E-state index contributed by atoms with van der Waals surface area (Å²) >= 11 is 8.37. The van der Waals surface area contributed by atoms with Crippen LogP contribution in [0.5, 0.6) is 0 Å². The van der Waals surface area contributed by atoms with E-state index in [0.29, 0.717) is 15.8 Å². The molecule has 0 aliphatic heterocycles. The number of hydrogen-bond donors (Lipinski definition) is 1. The summed E-state index contributed by atoms with van der Waals surface area (Å²) in [6.45, 7) is 6.47. The highest BCUT2D eigenvalue weighted by Gasteiger charge is 2.29. The van der Waals surface area contributed by atoms with E-state index in [1.807, 2.05) is 37.3 Å². The minimum Gasteiger partial charge on any atom is -0.352 e. The summed E-state index contributed by atoms with van der Waals surface area (Å²) in [4.78, 5) is 12.6. The minimum atomic E-state index is -0.191. The molecule has 1 heterocycles. The average Bonchev–Trinajstić information content (AvgIpc) is 2.99. The molecule has 140 valence electrons. The van der Waals surface area contributed by atoms with E-state index in [2.05, 4.69) is 24.3 Å². The van der Waals surface area contributed by atoms with Gasteiger partial charge in [0.05, 0.1) is 10.9 Å². The van der Waals surface area contributed by atoms with Gasteiger partial charge < -0.3 is 5.32 Å². The van der Waals surface area contributed by atoms with Gasteiger partial charge in [-0.15, -0.1) is 5.10 Å². The first kappa shape index (κ1) is 19.6. The first-order valence-corrected chi connectivity index (χ1v) is 11.2. The Morgan fingerprint density at radius 2 is 2.08 bits per heavy atom. The molecule has 0 bridgehead atoms. The van der Waals surface area contributed by atoms with Gasteiger partial charge in [-0.2, -0.15) is 0 Å². The molecule has 4 atom stereocenters. The van der Waals surface area contributed by atoms with Crippen molar-refractivity contribution in [1.29, 1.82) is 0 Å². The van der Waals surface area contributed by atoms with Crippen LogP contribution in [0.25, 0.3) is 5.69 Å². The van der Waals surface area contributed by atoms with Crippen molar-refractivity contribution in [3.8, 4) is 5.69 Å². The van der Waals surface area contributed by atoms with Crippen molar-refractivity contribution in [2.75, 3.05) is 0 Å². The molecule has 1 N–H and O–H groups in total. The monoisotopic (exact) mass is 407 g/mol. The number of benzene rings is 1. The lowest BCUT2D eigenvalue weighted by Gasteiger charge is -2.35. The summed E-state index contributed by atoms with van der Waals surface area (Å²) in [7, 11) is 0. The van der Waals surface area contributed by atoms with Gasteiger partial charge in [-0.3, -0.25) is 4.79 Å². The SMILES string of the molecule is C[C@H]1[C@@H](NC(=O)[C@@H](C)Sc2nn(-c3ccccc3)c(=S)s2)CCC[C@@H]1C. The van der Waals surface area contributed by atoms with Gasteiger partial charge in [-0.1, -0.05) is 68.0 Å². The van der Waals surface area contributed by atoms with E-state index in [1.165, 1.54) is 35.9 Å². The van der Waals surface area contributed by atoms with Crippen LogP contribution in [0.2, 0.25) is 0 Å². The van der Waals surface area contributed by atoms with Gasteiger partial charge in [-0.05, 0) is 49.5 Å². The quantitative estimate of drug-likeness (QED) is 0.554. The van der Waals surface area contributed by atoms with Crippen molar-refractivity contribution in [3.05, 3.63) is 34.3 Å².